The van der Waals surface area contributed by atoms with Crippen LogP contribution in [-0.4, -0.2) is 29.9 Å². The third-order valence-corrected chi connectivity index (χ3v) is 4.83. The monoisotopic (exact) mass is 274 g/mol. The highest BCUT2D eigenvalue weighted by molar-refractivity contribution is 7.17. The Morgan fingerprint density at radius 3 is 3.05 bits per heavy atom. The van der Waals surface area contributed by atoms with E-state index in [0.717, 1.165) is 30.3 Å². The van der Waals surface area contributed by atoms with Gasteiger partial charge >= 0.3 is 0 Å². The van der Waals surface area contributed by atoms with Gasteiger partial charge in [-0.25, -0.2) is 0 Å². The summed E-state index contributed by atoms with van der Waals surface area (Å²) in [6.45, 7) is 1.40. The van der Waals surface area contributed by atoms with Crippen molar-refractivity contribution in [2.24, 2.45) is 5.73 Å². The molecular weight excluding hydrogens is 256 g/mol. The fraction of sp³-hybridized carbons (Fsp3) is 0.400. The summed E-state index contributed by atoms with van der Waals surface area (Å²) in [6, 6.07) is 8.30. The van der Waals surface area contributed by atoms with E-state index in [1.807, 2.05) is 28.5 Å². The number of piperidine rings is 1. The van der Waals surface area contributed by atoms with Crippen LogP contribution >= 0.6 is 11.3 Å². The molecule has 1 amide bonds. The predicted octanol–water partition coefficient (Wildman–Crippen LogP) is 2.85. The molecule has 0 bridgehead atoms. The summed E-state index contributed by atoms with van der Waals surface area (Å²) in [5.41, 5.74) is 6.64. The normalized spacial score (nSPS) is 19.8. The molecule has 3 rings (SSSR count). The zero-order valence-electron chi connectivity index (χ0n) is 10.8. The topological polar surface area (TPSA) is 46.3 Å². The average Bonchev–Trinajstić information content (AvgIpc) is 2.90. The Balaban J connectivity index is 1.94. The van der Waals surface area contributed by atoms with Crippen LogP contribution in [0.25, 0.3) is 10.1 Å². The maximum absolute atomic E-state index is 12.7. The van der Waals surface area contributed by atoms with Crippen LogP contribution in [0.5, 0.6) is 0 Å². The van der Waals surface area contributed by atoms with Gasteiger partial charge in [-0.1, -0.05) is 18.2 Å². The number of amides is 1. The van der Waals surface area contributed by atoms with Crippen LogP contribution in [0, 0.1) is 0 Å². The first-order chi connectivity index (χ1) is 9.31. The minimum atomic E-state index is 0.146. The molecule has 19 heavy (non-hydrogen) atoms. The summed E-state index contributed by atoms with van der Waals surface area (Å²) in [6.07, 6.45) is 3.30. The van der Waals surface area contributed by atoms with Gasteiger partial charge in [0.2, 0.25) is 0 Å². The smallest absolute Gasteiger partial charge is 0.255 e. The number of likely N-dealkylation sites (tertiary alicyclic amines) is 1. The Bertz CT molecular complexity index is 593. The highest BCUT2D eigenvalue weighted by Gasteiger charge is 2.27. The summed E-state index contributed by atoms with van der Waals surface area (Å²) in [4.78, 5) is 14.7. The third-order valence-electron chi connectivity index (χ3n) is 3.87. The molecule has 1 aromatic heterocycles. The number of nitrogens with two attached hydrogens (primary N) is 1. The number of fused-ring (bicyclic) bond motifs is 1. The summed E-state index contributed by atoms with van der Waals surface area (Å²) in [5.74, 6) is 0.146. The van der Waals surface area contributed by atoms with Gasteiger partial charge in [0.05, 0.1) is 5.56 Å². The molecule has 1 fully saturated rings. The SMILES string of the molecule is NCC1CCCCN1C(=O)c1csc2ccccc12. The van der Waals surface area contributed by atoms with E-state index >= 15 is 0 Å². The second kappa shape index (κ2) is 5.31. The van der Waals surface area contributed by atoms with Crippen LogP contribution < -0.4 is 5.73 Å². The number of benzene rings is 1. The summed E-state index contributed by atoms with van der Waals surface area (Å²) >= 11 is 1.64. The first-order valence-corrected chi connectivity index (χ1v) is 7.66. The lowest BCUT2D eigenvalue weighted by Gasteiger charge is -2.35. The molecule has 0 spiro atoms. The number of nitrogens with zero attached hydrogens (tertiary/aromatic N) is 1. The number of rotatable bonds is 2. The van der Waals surface area contributed by atoms with Gasteiger partial charge in [-0.15, -0.1) is 11.3 Å². The molecule has 1 unspecified atom stereocenters. The van der Waals surface area contributed by atoms with Crippen molar-refractivity contribution in [3.05, 3.63) is 35.2 Å². The molecule has 1 saturated heterocycles. The first-order valence-electron chi connectivity index (χ1n) is 6.78. The zero-order valence-corrected chi connectivity index (χ0v) is 11.7. The third kappa shape index (κ3) is 2.26. The maximum atomic E-state index is 12.7. The highest BCUT2D eigenvalue weighted by Crippen LogP contribution is 2.28. The zero-order chi connectivity index (χ0) is 13.2. The van der Waals surface area contributed by atoms with Gasteiger partial charge < -0.3 is 10.6 Å². The van der Waals surface area contributed by atoms with Crippen molar-refractivity contribution in [3.8, 4) is 0 Å². The van der Waals surface area contributed by atoms with Gasteiger partial charge in [0.15, 0.2) is 0 Å². The molecule has 2 N–H and O–H groups in total. The summed E-state index contributed by atoms with van der Waals surface area (Å²) < 4.78 is 1.17. The van der Waals surface area contributed by atoms with Crippen LogP contribution in [0.3, 0.4) is 0 Å². The average molecular weight is 274 g/mol. The van der Waals surface area contributed by atoms with Gasteiger partial charge in [0.25, 0.3) is 5.91 Å². The Morgan fingerprint density at radius 1 is 1.37 bits per heavy atom. The van der Waals surface area contributed by atoms with Crippen molar-refractivity contribution in [1.29, 1.82) is 0 Å². The molecule has 1 atom stereocenters. The van der Waals surface area contributed by atoms with Crippen LogP contribution in [0.1, 0.15) is 29.6 Å². The largest absolute Gasteiger partial charge is 0.334 e. The molecule has 1 aliphatic rings. The second-order valence-electron chi connectivity index (χ2n) is 5.03. The van der Waals surface area contributed by atoms with Crippen molar-refractivity contribution in [3.63, 3.8) is 0 Å². The van der Waals surface area contributed by atoms with E-state index in [2.05, 4.69) is 6.07 Å². The molecule has 2 aromatic rings. The molecule has 2 heterocycles. The lowest BCUT2D eigenvalue weighted by Crippen LogP contribution is -2.47. The van der Waals surface area contributed by atoms with E-state index < -0.39 is 0 Å². The molecule has 100 valence electrons. The maximum Gasteiger partial charge on any atom is 0.255 e. The van der Waals surface area contributed by atoms with Gasteiger partial charge in [0, 0.05) is 34.6 Å². The van der Waals surface area contributed by atoms with Crippen molar-refractivity contribution < 1.29 is 4.79 Å². The number of carbonyl (C=O) groups is 1. The van der Waals surface area contributed by atoms with Gasteiger partial charge in [-0.2, -0.15) is 0 Å². The Hall–Kier alpha value is -1.39. The Labute approximate surface area is 117 Å². The molecule has 3 nitrogen and oxygen atoms in total. The minimum Gasteiger partial charge on any atom is -0.334 e. The second-order valence-corrected chi connectivity index (χ2v) is 5.94. The molecule has 0 saturated carbocycles. The molecule has 0 aliphatic carbocycles. The first kappa shape index (κ1) is 12.6. The van der Waals surface area contributed by atoms with Crippen LogP contribution in [0.2, 0.25) is 0 Å². The van der Waals surface area contributed by atoms with Crippen molar-refractivity contribution in [1.82, 2.24) is 4.90 Å². The Kier molecular flexibility index (Phi) is 3.53. The van der Waals surface area contributed by atoms with Gasteiger partial charge in [-0.05, 0) is 25.3 Å². The van der Waals surface area contributed by atoms with Crippen LogP contribution in [0.4, 0.5) is 0 Å². The van der Waals surface area contributed by atoms with Gasteiger partial charge in [-0.3, -0.25) is 4.79 Å². The number of thiophene rings is 1. The Morgan fingerprint density at radius 2 is 2.21 bits per heavy atom. The van der Waals surface area contributed by atoms with E-state index in [-0.39, 0.29) is 11.9 Å². The van der Waals surface area contributed by atoms with Crippen LogP contribution in [0.15, 0.2) is 29.6 Å². The van der Waals surface area contributed by atoms with E-state index in [1.165, 1.54) is 11.1 Å². The van der Waals surface area contributed by atoms with Crippen molar-refractivity contribution >= 4 is 27.3 Å². The summed E-state index contributed by atoms with van der Waals surface area (Å²) in [5, 5.41) is 3.05. The molecule has 1 aliphatic heterocycles. The lowest BCUT2D eigenvalue weighted by molar-refractivity contribution is 0.0626. The van der Waals surface area contributed by atoms with Crippen LogP contribution in [-0.2, 0) is 0 Å². The highest BCUT2D eigenvalue weighted by atomic mass is 32.1. The van der Waals surface area contributed by atoms with E-state index in [1.54, 1.807) is 11.3 Å². The summed E-state index contributed by atoms with van der Waals surface area (Å²) in [7, 11) is 0. The quantitative estimate of drug-likeness (QED) is 0.915. The molecular formula is C15H18N2OS. The molecule has 1 aromatic carbocycles. The predicted molar refractivity (Wildman–Crippen MR) is 79.6 cm³/mol. The van der Waals surface area contributed by atoms with E-state index in [0.29, 0.717) is 6.54 Å². The van der Waals surface area contributed by atoms with Crippen molar-refractivity contribution in [2.75, 3.05) is 13.1 Å². The van der Waals surface area contributed by atoms with E-state index in [9.17, 15) is 4.79 Å². The molecule has 4 heteroatoms. The number of carbonyl (C=O) groups excluding carboxylic acids is 1. The fourth-order valence-corrected chi connectivity index (χ4v) is 3.75. The van der Waals surface area contributed by atoms with Crippen molar-refractivity contribution in [2.45, 2.75) is 25.3 Å². The van der Waals surface area contributed by atoms with Gasteiger partial charge in [0.1, 0.15) is 0 Å². The van der Waals surface area contributed by atoms with E-state index in [4.69, 9.17) is 5.73 Å². The lowest BCUT2D eigenvalue weighted by atomic mass is 10.0. The minimum absolute atomic E-state index is 0.146. The molecule has 0 radical (unpaired) electrons. The standard InChI is InChI=1S/C15H18N2OS/c16-9-11-5-3-4-8-17(11)15(18)13-10-19-14-7-2-1-6-12(13)14/h1-2,6-7,10-11H,3-5,8-9,16H2. The number of hydrogen-bond donors (Lipinski definition) is 1. The fourth-order valence-electron chi connectivity index (χ4n) is 2.81. The number of hydrogen-bond acceptors (Lipinski definition) is 3.